The van der Waals surface area contributed by atoms with Crippen LogP contribution in [-0.2, 0) is 0 Å². The Morgan fingerprint density at radius 2 is 1.89 bits per heavy atom. The maximum atomic E-state index is 12.9. The molecule has 3 rings (SSSR count). The van der Waals surface area contributed by atoms with Crippen LogP contribution >= 0.6 is 0 Å². The molecule has 1 aromatic heterocycles. The Kier molecular flexibility index (Phi) is 2.70. The van der Waals surface area contributed by atoms with Crippen molar-refractivity contribution in [3.8, 4) is 11.4 Å². The number of hydrogen-bond donors (Lipinski definition) is 1. The van der Waals surface area contributed by atoms with Crippen LogP contribution < -0.4 is 5.32 Å². The lowest BCUT2D eigenvalue weighted by molar-refractivity contribution is 0.628. The van der Waals surface area contributed by atoms with E-state index >= 15 is 0 Å². The lowest BCUT2D eigenvalue weighted by Gasteiger charge is -2.07. The summed E-state index contributed by atoms with van der Waals surface area (Å²) in [5, 5.41) is 3.05. The van der Waals surface area contributed by atoms with Crippen LogP contribution in [0.1, 0.15) is 24.5 Å². The number of anilines is 1. The van der Waals surface area contributed by atoms with E-state index in [2.05, 4.69) is 15.3 Å². The molecule has 1 aliphatic carbocycles. The van der Waals surface area contributed by atoms with Gasteiger partial charge >= 0.3 is 0 Å². The van der Waals surface area contributed by atoms with Crippen LogP contribution in [0.3, 0.4) is 0 Å². The Bertz CT molecular complexity index is 562. The van der Waals surface area contributed by atoms with Gasteiger partial charge in [-0.2, -0.15) is 0 Å². The van der Waals surface area contributed by atoms with Crippen molar-refractivity contribution in [1.82, 2.24) is 9.97 Å². The molecule has 1 saturated carbocycles. The molecule has 0 amide bonds. The summed E-state index contributed by atoms with van der Waals surface area (Å²) in [6, 6.07) is 8.27. The third kappa shape index (κ3) is 2.18. The molecule has 1 aliphatic rings. The minimum Gasteiger partial charge on any atom is -0.373 e. The number of rotatable bonds is 3. The summed E-state index contributed by atoms with van der Waals surface area (Å²) in [6.45, 7) is 0. The number of halogens is 1. The molecule has 0 radical (unpaired) electrons. The first-order valence-electron chi connectivity index (χ1n) is 6.09. The van der Waals surface area contributed by atoms with Crippen LogP contribution in [0.5, 0.6) is 0 Å². The van der Waals surface area contributed by atoms with Crippen molar-refractivity contribution in [2.75, 3.05) is 12.4 Å². The molecule has 92 valence electrons. The Morgan fingerprint density at radius 3 is 2.50 bits per heavy atom. The van der Waals surface area contributed by atoms with Crippen molar-refractivity contribution in [3.63, 3.8) is 0 Å². The number of nitrogens with one attached hydrogen (secondary N) is 1. The maximum Gasteiger partial charge on any atom is 0.161 e. The van der Waals surface area contributed by atoms with Crippen LogP contribution in [0.2, 0.25) is 0 Å². The molecule has 1 aromatic carbocycles. The topological polar surface area (TPSA) is 37.8 Å². The van der Waals surface area contributed by atoms with Gasteiger partial charge in [-0.1, -0.05) is 0 Å². The zero-order valence-corrected chi connectivity index (χ0v) is 10.2. The standard InChI is InChI=1S/C14H14FN3/c1-16-13-8-12(9-2-3-9)17-14(18-13)10-4-6-11(15)7-5-10/h4-9H,2-3H2,1H3,(H,16,17,18). The maximum absolute atomic E-state index is 12.9. The molecule has 0 bridgehead atoms. The fraction of sp³-hybridized carbons (Fsp3) is 0.286. The lowest BCUT2D eigenvalue weighted by Crippen LogP contribution is -2.00. The third-order valence-corrected chi connectivity index (χ3v) is 3.10. The van der Waals surface area contributed by atoms with Crippen molar-refractivity contribution in [2.24, 2.45) is 0 Å². The Hall–Kier alpha value is -1.97. The fourth-order valence-electron chi connectivity index (χ4n) is 1.91. The number of nitrogens with zero attached hydrogens (tertiary/aromatic N) is 2. The summed E-state index contributed by atoms with van der Waals surface area (Å²) in [5.74, 6) is 1.79. The molecular weight excluding hydrogens is 229 g/mol. The molecule has 0 spiro atoms. The Labute approximate surface area is 105 Å². The van der Waals surface area contributed by atoms with E-state index < -0.39 is 0 Å². The second-order valence-electron chi connectivity index (χ2n) is 4.53. The zero-order valence-electron chi connectivity index (χ0n) is 10.2. The number of hydrogen-bond acceptors (Lipinski definition) is 3. The van der Waals surface area contributed by atoms with E-state index in [1.54, 1.807) is 12.1 Å². The van der Waals surface area contributed by atoms with Gasteiger partial charge in [0.2, 0.25) is 0 Å². The van der Waals surface area contributed by atoms with E-state index in [1.807, 2.05) is 13.1 Å². The van der Waals surface area contributed by atoms with Gasteiger partial charge in [-0.15, -0.1) is 0 Å². The number of benzene rings is 1. The molecule has 0 saturated heterocycles. The first kappa shape index (κ1) is 11.1. The second kappa shape index (κ2) is 4.37. The smallest absolute Gasteiger partial charge is 0.161 e. The van der Waals surface area contributed by atoms with Crippen LogP contribution in [0.15, 0.2) is 30.3 Å². The van der Waals surface area contributed by atoms with Crippen LogP contribution in [-0.4, -0.2) is 17.0 Å². The normalized spacial score (nSPS) is 14.6. The van der Waals surface area contributed by atoms with E-state index in [0.29, 0.717) is 11.7 Å². The average molecular weight is 243 g/mol. The Balaban J connectivity index is 2.04. The van der Waals surface area contributed by atoms with Crippen molar-refractivity contribution >= 4 is 5.82 Å². The molecule has 3 nitrogen and oxygen atoms in total. The molecule has 4 heteroatoms. The van der Waals surface area contributed by atoms with Gasteiger partial charge < -0.3 is 5.32 Å². The Morgan fingerprint density at radius 1 is 1.17 bits per heavy atom. The molecule has 2 aromatic rings. The molecule has 1 heterocycles. The molecule has 1 N–H and O–H groups in total. The predicted molar refractivity (Wildman–Crippen MR) is 68.9 cm³/mol. The van der Waals surface area contributed by atoms with Crippen molar-refractivity contribution < 1.29 is 4.39 Å². The average Bonchev–Trinajstić information content (AvgIpc) is 3.23. The minimum atomic E-state index is -0.245. The van der Waals surface area contributed by atoms with Crippen molar-refractivity contribution in [3.05, 3.63) is 41.8 Å². The first-order chi connectivity index (χ1) is 8.76. The van der Waals surface area contributed by atoms with E-state index in [0.717, 1.165) is 17.1 Å². The van der Waals surface area contributed by atoms with Gasteiger partial charge in [-0.3, -0.25) is 0 Å². The molecule has 0 atom stereocenters. The highest BCUT2D eigenvalue weighted by Gasteiger charge is 2.26. The summed E-state index contributed by atoms with van der Waals surface area (Å²) in [6.07, 6.45) is 2.39. The van der Waals surface area contributed by atoms with Gasteiger partial charge in [0.15, 0.2) is 5.82 Å². The first-order valence-corrected chi connectivity index (χ1v) is 6.09. The lowest BCUT2D eigenvalue weighted by atomic mass is 10.2. The highest BCUT2D eigenvalue weighted by Crippen LogP contribution is 2.40. The van der Waals surface area contributed by atoms with Gasteiger partial charge in [0, 0.05) is 30.3 Å². The zero-order chi connectivity index (χ0) is 12.5. The summed E-state index contributed by atoms with van der Waals surface area (Å²) >= 11 is 0. The van der Waals surface area contributed by atoms with Crippen LogP contribution in [0, 0.1) is 5.82 Å². The summed E-state index contributed by atoms with van der Waals surface area (Å²) in [7, 11) is 1.84. The van der Waals surface area contributed by atoms with Gasteiger partial charge in [-0.05, 0) is 37.1 Å². The van der Waals surface area contributed by atoms with Gasteiger partial charge in [0.1, 0.15) is 11.6 Å². The number of aromatic nitrogens is 2. The van der Waals surface area contributed by atoms with E-state index in [1.165, 1.54) is 25.0 Å². The highest BCUT2D eigenvalue weighted by molar-refractivity contribution is 5.57. The monoisotopic (exact) mass is 243 g/mol. The van der Waals surface area contributed by atoms with Crippen LogP contribution in [0.25, 0.3) is 11.4 Å². The second-order valence-corrected chi connectivity index (χ2v) is 4.53. The molecular formula is C14H14FN3. The molecule has 18 heavy (non-hydrogen) atoms. The quantitative estimate of drug-likeness (QED) is 0.899. The largest absolute Gasteiger partial charge is 0.373 e. The molecule has 0 unspecified atom stereocenters. The van der Waals surface area contributed by atoms with Crippen molar-refractivity contribution in [2.45, 2.75) is 18.8 Å². The van der Waals surface area contributed by atoms with E-state index in [4.69, 9.17) is 0 Å². The minimum absolute atomic E-state index is 0.245. The molecule has 0 aliphatic heterocycles. The van der Waals surface area contributed by atoms with E-state index in [-0.39, 0.29) is 5.82 Å². The van der Waals surface area contributed by atoms with Crippen molar-refractivity contribution in [1.29, 1.82) is 0 Å². The van der Waals surface area contributed by atoms with Gasteiger partial charge in [0.25, 0.3) is 0 Å². The third-order valence-electron chi connectivity index (χ3n) is 3.10. The molecule has 1 fully saturated rings. The summed E-state index contributed by atoms with van der Waals surface area (Å²) < 4.78 is 12.9. The summed E-state index contributed by atoms with van der Waals surface area (Å²) in [5.41, 5.74) is 1.92. The predicted octanol–water partition coefficient (Wildman–Crippen LogP) is 3.20. The summed E-state index contributed by atoms with van der Waals surface area (Å²) in [4.78, 5) is 8.99. The van der Waals surface area contributed by atoms with Gasteiger partial charge in [-0.25, -0.2) is 14.4 Å². The highest BCUT2D eigenvalue weighted by atomic mass is 19.1. The van der Waals surface area contributed by atoms with E-state index in [9.17, 15) is 4.39 Å². The SMILES string of the molecule is CNc1cc(C2CC2)nc(-c2ccc(F)cc2)n1. The van der Waals surface area contributed by atoms with Crippen LogP contribution in [0.4, 0.5) is 10.2 Å². The fourth-order valence-corrected chi connectivity index (χ4v) is 1.91. The van der Waals surface area contributed by atoms with Gasteiger partial charge in [0.05, 0.1) is 0 Å².